The number of aromatic amines is 1. The summed E-state index contributed by atoms with van der Waals surface area (Å²) >= 11 is 0. The number of hydrogen-bond donors (Lipinski definition) is 3. The van der Waals surface area contributed by atoms with Gasteiger partial charge >= 0.3 is 6.03 Å². The van der Waals surface area contributed by atoms with Gasteiger partial charge in [0, 0.05) is 23.3 Å². The number of rotatable bonds is 4. The topological polar surface area (TPSA) is 74.0 Å². The molecule has 2 aromatic carbocycles. The van der Waals surface area contributed by atoms with Gasteiger partial charge in [-0.3, -0.25) is 4.79 Å². The zero-order valence-corrected chi connectivity index (χ0v) is 12.5. The molecule has 0 aliphatic heterocycles. The molecule has 0 saturated carbocycles. The molecule has 2 amide bonds. The Labute approximate surface area is 133 Å². The van der Waals surface area contributed by atoms with Gasteiger partial charge in [-0.05, 0) is 36.1 Å². The van der Waals surface area contributed by atoms with Crippen LogP contribution in [0.5, 0.6) is 0 Å². The molecule has 0 fully saturated rings. The van der Waals surface area contributed by atoms with E-state index < -0.39 is 0 Å². The Kier molecular flexibility index (Phi) is 4.38. The third kappa shape index (κ3) is 3.77. The van der Waals surface area contributed by atoms with Gasteiger partial charge in [0.25, 0.3) is 5.56 Å². The first kappa shape index (κ1) is 14.8. The summed E-state index contributed by atoms with van der Waals surface area (Å²) in [5, 5.41) is 6.47. The number of amides is 2. The Morgan fingerprint density at radius 2 is 1.74 bits per heavy atom. The van der Waals surface area contributed by atoms with Crippen LogP contribution in [0.1, 0.15) is 5.56 Å². The van der Waals surface area contributed by atoms with Crippen LogP contribution in [0, 0.1) is 0 Å². The van der Waals surface area contributed by atoms with Gasteiger partial charge in [-0.1, -0.05) is 36.4 Å². The third-order valence-electron chi connectivity index (χ3n) is 3.54. The second-order valence-electron chi connectivity index (χ2n) is 5.21. The van der Waals surface area contributed by atoms with Crippen LogP contribution < -0.4 is 16.2 Å². The van der Waals surface area contributed by atoms with Crippen molar-refractivity contribution >= 4 is 22.6 Å². The van der Waals surface area contributed by atoms with Crippen molar-refractivity contribution in [3.8, 4) is 0 Å². The fourth-order valence-electron chi connectivity index (χ4n) is 2.39. The Morgan fingerprint density at radius 3 is 2.57 bits per heavy atom. The lowest BCUT2D eigenvalue weighted by atomic mass is 10.1. The number of anilines is 1. The van der Waals surface area contributed by atoms with E-state index in [0.29, 0.717) is 18.5 Å². The van der Waals surface area contributed by atoms with Crippen LogP contribution in [0.2, 0.25) is 0 Å². The maximum absolute atomic E-state index is 12.0. The fourth-order valence-corrected chi connectivity index (χ4v) is 2.39. The molecule has 0 saturated heterocycles. The first-order valence-electron chi connectivity index (χ1n) is 7.43. The lowest BCUT2D eigenvalue weighted by Crippen LogP contribution is -2.31. The number of H-pyrrole nitrogens is 1. The van der Waals surface area contributed by atoms with Crippen molar-refractivity contribution in [1.29, 1.82) is 0 Å². The minimum atomic E-state index is -0.284. The fraction of sp³-hybridized carbons (Fsp3) is 0.111. The summed E-state index contributed by atoms with van der Waals surface area (Å²) in [4.78, 5) is 26.7. The van der Waals surface area contributed by atoms with Crippen LogP contribution in [0.25, 0.3) is 10.9 Å². The zero-order chi connectivity index (χ0) is 16.1. The number of benzene rings is 2. The van der Waals surface area contributed by atoms with Crippen molar-refractivity contribution in [2.75, 3.05) is 11.9 Å². The molecule has 0 bridgehead atoms. The van der Waals surface area contributed by atoms with Gasteiger partial charge < -0.3 is 15.6 Å². The largest absolute Gasteiger partial charge is 0.338 e. The normalized spacial score (nSPS) is 10.4. The number of para-hydroxylation sites is 2. The predicted molar refractivity (Wildman–Crippen MR) is 91.7 cm³/mol. The minimum absolute atomic E-state index is 0.117. The number of carbonyl (C=O) groups is 1. The number of nitrogens with one attached hydrogen (secondary N) is 3. The average Bonchev–Trinajstić information content (AvgIpc) is 2.56. The summed E-state index contributed by atoms with van der Waals surface area (Å²) in [6.07, 6.45) is 0.475. The van der Waals surface area contributed by atoms with Gasteiger partial charge in [-0.2, -0.15) is 0 Å². The highest BCUT2D eigenvalue weighted by Crippen LogP contribution is 2.10. The molecule has 1 heterocycles. The lowest BCUT2D eigenvalue weighted by molar-refractivity contribution is 0.252. The quantitative estimate of drug-likeness (QED) is 0.693. The molecule has 116 valence electrons. The van der Waals surface area contributed by atoms with Crippen LogP contribution in [0.15, 0.2) is 65.5 Å². The second-order valence-corrected chi connectivity index (χ2v) is 5.21. The van der Waals surface area contributed by atoms with Crippen LogP contribution in [0.4, 0.5) is 10.5 Å². The SMILES string of the molecule is O=C(NCCc1cc2ccccc2[nH]c1=O)Nc1ccccc1. The molecule has 0 atom stereocenters. The molecular weight excluding hydrogens is 290 g/mol. The summed E-state index contributed by atoms with van der Waals surface area (Å²) in [5.41, 5.74) is 2.09. The lowest BCUT2D eigenvalue weighted by Gasteiger charge is -2.07. The molecule has 0 spiro atoms. The second kappa shape index (κ2) is 6.79. The molecular formula is C18H17N3O2. The van der Waals surface area contributed by atoms with E-state index in [0.717, 1.165) is 16.6 Å². The van der Waals surface area contributed by atoms with Crippen molar-refractivity contribution in [1.82, 2.24) is 10.3 Å². The molecule has 0 aliphatic rings. The van der Waals surface area contributed by atoms with Gasteiger partial charge in [0.1, 0.15) is 0 Å². The van der Waals surface area contributed by atoms with E-state index in [1.807, 2.05) is 60.7 Å². The summed E-state index contributed by atoms with van der Waals surface area (Å²) in [6.45, 7) is 0.389. The van der Waals surface area contributed by atoms with Gasteiger partial charge in [-0.15, -0.1) is 0 Å². The van der Waals surface area contributed by atoms with E-state index in [1.165, 1.54) is 0 Å². The van der Waals surface area contributed by atoms with Gasteiger partial charge in [0.05, 0.1) is 0 Å². The zero-order valence-electron chi connectivity index (χ0n) is 12.5. The molecule has 0 aliphatic carbocycles. The Bertz CT molecular complexity index is 872. The van der Waals surface area contributed by atoms with Crippen molar-refractivity contribution in [3.63, 3.8) is 0 Å². The third-order valence-corrected chi connectivity index (χ3v) is 3.54. The van der Waals surface area contributed by atoms with E-state index >= 15 is 0 Å². The Morgan fingerprint density at radius 1 is 1.00 bits per heavy atom. The molecule has 3 N–H and O–H groups in total. The smallest absolute Gasteiger partial charge is 0.319 e. The van der Waals surface area contributed by atoms with E-state index in [-0.39, 0.29) is 11.6 Å². The van der Waals surface area contributed by atoms with E-state index in [2.05, 4.69) is 15.6 Å². The first-order chi connectivity index (χ1) is 11.2. The van der Waals surface area contributed by atoms with Crippen LogP contribution in [-0.4, -0.2) is 17.6 Å². The van der Waals surface area contributed by atoms with E-state index in [4.69, 9.17) is 0 Å². The molecule has 3 aromatic rings. The van der Waals surface area contributed by atoms with Gasteiger partial charge in [0.15, 0.2) is 0 Å². The molecule has 5 heteroatoms. The standard InChI is InChI=1S/C18H17N3O2/c22-17-14(12-13-6-4-5-9-16(13)21-17)10-11-19-18(23)20-15-7-2-1-3-8-15/h1-9,12H,10-11H2,(H,21,22)(H2,19,20,23). The minimum Gasteiger partial charge on any atom is -0.338 e. The summed E-state index contributed by atoms with van der Waals surface area (Å²) < 4.78 is 0. The summed E-state index contributed by atoms with van der Waals surface area (Å²) in [6, 6.07) is 18.4. The Balaban J connectivity index is 1.59. The molecule has 3 rings (SSSR count). The Hall–Kier alpha value is -3.08. The number of hydrogen-bond acceptors (Lipinski definition) is 2. The highest BCUT2D eigenvalue weighted by atomic mass is 16.2. The van der Waals surface area contributed by atoms with Crippen LogP contribution >= 0.6 is 0 Å². The van der Waals surface area contributed by atoms with Gasteiger partial charge in [-0.25, -0.2) is 4.79 Å². The molecule has 23 heavy (non-hydrogen) atoms. The maximum Gasteiger partial charge on any atom is 0.319 e. The number of urea groups is 1. The summed E-state index contributed by atoms with van der Waals surface area (Å²) in [5.74, 6) is 0. The molecule has 5 nitrogen and oxygen atoms in total. The van der Waals surface area contributed by atoms with E-state index in [9.17, 15) is 9.59 Å². The predicted octanol–water partition coefficient (Wildman–Crippen LogP) is 2.89. The van der Waals surface area contributed by atoms with Crippen LogP contribution in [0.3, 0.4) is 0 Å². The van der Waals surface area contributed by atoms with Crippen molar-refractivity contribution < 1.29 is 4.79 Å². The molecule has 0 unspecified atom stereocenters. The van der Waals surface area contributed by atoms with Crippen molar-refractivity contribution in [2.24, 2.45) is 0 Å². The van der Waals surface area contributed by atoms with E-state index in [1.54, 1.807) is 0 Å². The molecule has 1 aromatic heterocycles. The van der Waals surface area contributed by atoms with Crippen LogP contribution in [-0.2, 0) is 6.42 Å². The number of carbonyl (C=O) groups excluding carboxylic acids is 1. The summed E-state index contributed by atoms with van der Waals surface area (Å²) in [7, 11) is 0. The first-order valence-corrected chi connectivity index (χ1v) is 7.43. The molecule has 0 radical (unpaired) electrons. The highest BCUT2D eigenvalue weighted by molar-refractivity contribution is 5.89. The van der Waals surface area contributed by atoms with Crippen molar-refractivity contribution in [2.45, 2.75) is 6.42 Å². The number of fused-ring (bicyclic) bond motifs is 1. The average molecular weight is 307 g/mol. The van der Waals surface area contributed by atoms with Gasteiger partial charge in [0.2, 0.25) is 0 Å². The number of aromatic nitrogens is 1. The van der Waals surface area contributed by atoms with Crippen molar-refractivity contribution in [3.05, 3.63) is 76.6 Å². The highest BCUT2D eigenvalue weighted by Gasteiger charge is 2.04. The number of pyridine rings is 1. The maximum atomic E-state index is 12.0. The monoisotopic (exact) mass is 307 g/mol.